The second kappa shape index (κ2) is 6.12. The Balaban J connectivity index is 2.50. The number of hydrogen-bond donors (Lipinski definition) is 3. The molecule has 0 radical (unpaired) electrons. The van der Waals surface area contributed by atoms with Crippen molar-refractivity contribution in [2.75, 3.05) is 18.4 Å². The normalized spacial score (nSPS) is 10.4. The van der Waals surface area contributed by atoms with Gasteiger partial charge in [-0.1, -0.05) is 26.0 Å². The van der Waals surface area contributed by atoms with Crippen LogP contribution in [0.4, 0.5) is 5.69 Å². The van der Waals surface area contributed by atoms with Crippen LogP contribution < -0.4 is 16.4 Å². The molecule has 0 heterocycles. The number of hydrogen-bond acceptors (Lipinski definition) is 3. The number of amides is 1. The van der Waals surface area contributed by atoms with Crippen molar-refractivity contribution in [1.29, 1.82) is 0 Å². The first-order valence-corrected chi connectivity index (χ1v) is 5.47. The molecule has 0 spiro atoms. The molecule has 4 nitrogen and oxygen atoms in total. The summed E-state index contributed by atoms with van der Waals surface area (Å²) < 4.78 is 0. The van der Waals surface area contributed by atoms with Gasteiger partial charge < -0.3 is 16.4 Å². The van der Waals surface area contributed by atoms with Gasteiger partial charge in [0, 0.05) is 24.8 Å². The van der Waals surface area contributed by atoms with Crippen LogP contribution in [0.15, 0.2) is 24.3 Å². The number of carbonyl (C=O) groups excluding carboxylic acids is 1. The lowest BCUT2D eigenvalue weighted by atomic mass is 10.1. The largest absolute Gasteiger partial charge is 0.383 e. The first kappa shape index (κ1) is 12.5. The lowest BCUT2D eigenvalue weighted by Gasteiger charge is -2.11. The molecule has 0 aliphatic rings. The number of benzene rings is 1. The highest BCUT2D eigenvalue weighted by Gasteiger charge is 2.05. The number of nitrogens with two attached hydrogens (primary N) is 1. The van der Waals surface area contributed by atoms with Crippen LogP contribution in [0.25, 0.3) is 0 Å². The summed E-state index contributed by atoms with van der Waals surface area (Å²) in [7, 11) is 0. The molecule has 1 rings (SSSR count). The van der Waals surface area contributed by atoms with Crippen LogP contribution >= 0.6 is 0 Å². The van der Waals surface area contributed by atoms with Gasteiger partial charge in [-0.25, -0.2) is 0 Å². The smallest absolute Gasteiger partial charge is 0.250 e. The maximum absolute atomic E-state index is 11.1. The van der Waals surface area contributed by atoms with Crippen molar-refractivity contribution >= 4 is 11.6 Å². The molecule has 16 heavy (non-hydrogen) atoms. The van der Waals surface area contributed by atoms with E-state index in [0.29, 0.717) is 11.6 Å². The number of para-hydroxylation sites is 1. The van der Waals surface area contributed by atoms with Gasteiger partial charge in [0.05, 0.1) is 5.56 Å². The van der Waals surface area contributed by atoms with Gasteiger partial charge in [0.1, 0.15) is 0 Å². The number of anilines is 1. The van der Waals surface area contributed by atoms with E-state index >= 15 is 0 Å². The summed E-state index contributed by atoms with van der Waals surface area (Å²) in [6, 6.07) is 7.73. The van der Waals surface area contributed by atoms with Crippen LogP contribution in [-0.4, -0.2) is 25.0 Å². The highest BCUT2D eigenvalue weighted by Crippen LogP contribution is 2.13. The minimum absolute atomic E-state index is 0.403. The predicted molar refractivity (Wildman–Crippen MR) is 66.6 cm³/mol. The zero-order chi connectivity index (χ0) is 12.0. The maximum Gasteiger partial charge on any atom is 0.250 e. The third kappa shape index (κ3) is 3.90. The van der Waals surface area contributed by atoms with Gasteiger partial charge in [0.2, 0.25) is 0 Å². The Bertz CT molecular complexity index is 350. The Morgan fingerprint density at radius 1 is 1.31 bits per heavy atom. The van der Waals surface area contributed by atoms with Gasteiger partial charge in [0.25, 0.3) is 5.91 Å². The summed E-state index contributed by atoms with van der Waals surface area (Å²) in [6.07, 6.45) is 0. The van der Waals surface area contributed by atoms with E-state index in [2.05, 4.69) is 24.5 Å². The van der Waals surface area contributed by atoms with Crippen LogP contribution in [0.3, 0.4) is 0 Å². The topological polar surface area (TPSA) is 67.2 Å². The van der Waals surface area contributed by atoms with Crippen LogP contribution in [-0.2, 0) is 0 Å². The van der Waals surface area contributed by atoms with E-state index in [1.54, 1.807) is 12.1 Å². The van der Waals surface area contributed by atoms with E-state index in [1.807, 2.05) is 12.1 Å². The first-order valence-electron chi connectivity index (χ1n) is 5.47. The second-order valence-corrected chi connectivity index (χ2v) is 3.95. The van der Waals surface area contributed by atoms with E-state index < -0.39 is 5.91 Å². The molecule has 0 atom stereocenters. The fraction of sp³-hybridized carbons (Fsp3) is 0.417. The highest BCUT2D eigenvalue weighted by atomic mass is 16.1. The van der Waals surface area contributed by atoms with Crippen LogP contribution in [0.5, 0.6) is 0 Å². The Labute approximate surface area is 96.2 Å². The van der Waals surface area contributed by atoms with Crippen molar-refractivity contribution in [3.05, 3.63) is 29.8 Å². The molecular weight excluding hydrogens is 202 g/mol. The molecule has 1 aromatic carbocycles. The predicted octanol–water partition coefficient (Wildman–Crippen LogP) is 1.20. The molecule has 1 amide bonds. The Kier molecular flexibility index (Phi) is 4.79. The molecule has 0 saturated carbocycles. The standard InChI is InChI=1S/C12H19N3O/c1-9(2)14-7-8-15-11-6-4-3-5-10(11)12(13)16/h3-6,9,14-15H,7-8H2,1-2H3,(H2,13,16). The summed E-state index contributed by atoms with van der Waals surface area (Å²) in [4.78, 5) is 11.1. The maximum atomic E-state index is 11.1. The lowest BCUT2D eigenvalue weighted by Crippen LogP contribution is -2.28. The van der Waals surface area contributed by atoms with Gasteiger partial charge in [-0.3, -0.25) is 4.79 Å². The minimum atomic E-state index is -0.403. The van der Waals surface area contributed by atoms with Crippen LogP contribution in [0.1, 0.15) is 24.2 Å². The van der Waals surface area contributed by atoms with E-state index in [0.717, 1.165) is 18.8 Å². The zero-order valence-corrected chi connectivity index (χ0v) is 9.79. The van der Waals surface area contributed by atoms with E-state index in [4.69, 9.17) is 5.73 Å². The van der Waals surface area contributed by atoms with Crippen LogP contribution in [0, 0.1) is 0 Å². The average molecular weight is 221 g/mol. The molecule has 4 N–H and O–H groups in total. The molecule has 1 aromatic rings. The van der Waals surface area contributed by atoms with Crippen molar-refractivity contribution in [2.45, 2.75) is 19.9 Å². The molecule has 0 bridgehead atoms. The van der Waals surface area contributed by atoms with Crippen molar-refractivity contribution in [3.8, 4) is 0 Å². The summed E-state index contributed by atoms with van der Waals surface area (Å²) in [5.74, 6) is -0.403. The van der Waals surface area contributed by atoms with Crippen molar-refractivity contribution in [1.82, 2.24) is 5.32 Å². The second-order valence-electron chi connectivity index (χ2n) is 3.95. The van der Waals surface area contributed by atoms with E-state index in [-0.39, 0.29) is 0 Å². The van der Waals surface area contributed by atoms with E-state index in [9.17, 15) is 4.79 Å². The summed E-state index contributed by atoms with van der Waals surface area (Å²) in [5, 5.41) is 6.47. The minimum Gasteiger partial charge on any atom is -0.383 e. The molecule has 88 valence electrons. The monoisotopic (exact) mass is 221 g/mol. The Hall–Kier alpha value is -1.55. The number of carbonyl (C=O) groups is 1. The quantitative estimate of drug-likeness (QED) is 0.632. The molecule has 0 saturated heterocycles. The lowest BCUT2D eigenvalue weighted by molar-refractivity contribution is 0.100. The van der Waals surface area contributed by atoms with Gasteiger partial charge in [-0.15, -0.1) is 0 Å². The molecule has 0 aliphatic carbocycles. The van der Waals surface area contributed by atoms with Crippen LogP contribution in [0.2, 0.25) is 0 Å². The highest BCUT2D eigenvalue weighted by molar-refractivity contribution is 5.98. The Morgan fingerprint density at radius 2 is 2.00 bits per heavy atom. The van der Waals surface area contributed by atoms with Gasteiger partial charge in [-0.2, -0.15) is 0 Å². The molecule has 0 fully saturated rings. The fourth-order valence-corrected chi connectivity index (χ4v) is 1.41. The third-order valence-corrected chi connectivity index (χ3v) is 2.19. The van der Waals surface area contributed by atoms with Crippen molar-refractivity contribution < 1.29 is 4.79 Å². The molecule has 0 aromatic heterocycles. The summed E-state index contributed by atoms with van der Waals surface area (Å²) in [5.41, 5.74) is 6.60. The van der Waals surface area contributed by atoms with Gasteiger partial charge >= 0.3 is 0 Å². The SMILES string of the molecule is CC(C)NCCNc1ccccc1C(N)=O. The number of rotatable bonds is 6. The number of primary amides is 1. The van der Waals surface area contributed by atoms with Gasteiger partial charge in [0.15, 0.2) is 0 Å². The molecular formula is C12H19N3O. The molecule has 0 unspecified atom stereocenters. The fourth-order valence-electron chi connectivity index (χ4n) is 1.41. The molecule has 0 aliphatic heterocycles. The Morgan fingerprint density at radius 3 is 2.62 bits per heavy atom. The summed E-state index contributed by atoms with van der Waals surface area (Å²) in [6.45, 7) is 5.81. The summed E-state index contributed by atoms with van der Waals surface area (Å²) >= 11 is 0. The average Bonchev–Trinajstić information content (AvgIpc) is 2.24. The number of nitrogens with one attached hydrogen (secondary N) is 2. The zero-order valence-electron chi connectivity index (χ0n) is 9.79. The van der Waals surface area contributed by atoms with Gasteiger partial charge in [-0.05, 0) is 12.1 Å². The van der Waals surface area contributed by atoms with Crippen molar-refractivity contribution in [3.63, 3.8) is 0 Å². The van der Waals surface area contributed by atoms with E-state index in [1.165, 1.54) is 0 Å². The van der Waals surface area contributed by atoms with Crippen molar-refractivity contribution in [2.24, 2.45) is 5.73 Å². The third-order valence-electron chi connectivity index (χ3n) is 2.19. The molecule has 4 heteroatoms. The first-order chi connectivity index (χ1) is 7.61.